The standard InChI is InChI=1S/C11H14FNO/c12-9-4-1-2-5-10(9)14-8-11(13)6-3-7-11/h1-2,4-5H,3,6-8,13H2. The van der Waals surface area contributed by atoms with Gasteiger partial charge in [-0.3, -0.25) is 0 Å². The zero-order chi connectivity index (χ0) is 10.0. The molecule has 0 radical (unpaired) electrons. The van der Waals surface area contributed by atoms with Crippen LogP contribution in [-0.4, -0.2) is 12.1 Å². The molecule has 0 spiro atoms. The minimum atomic E-state index is -0.324. The second kappa shape index (κ2) is 3.58. The molecule has 0 atom stereocenters. The predicted molar refractivity (Wildman–Crippen MR) is 52.7 cm³/mol. The van der Waals surface area contributed by atoms with E-state index in [1.807, 2.05) is 0 Å². The number of rotatable bonds is 3. The largest absolute Gasteiger partial charge is 0.489 e. The van der Waals surface area contributed by atoms with E-state index in [2.05, 4.69) is 0 Å². The third-order valence-corrected chi connectivity index (χ3v) is 2.70. The lowest BCUT2D eigenvalue weighted by Gasteiger charge is -2.37. The monoisotopic (exact) mass is 195 g/mol. The molecular formula is C11H14FNO. The Morgan fingerprint density at radius 3 is 2.64 bits per heavy atom. The van der Waals surface area contributed by atoms with Gasteiger partial charge in [0.15, 0.2) is 11.6 Å². The molecule has 2 nitrogen and oxygen atoms in total. The van der Waals surface area contributed by atoms with Crippen LogP contribution in [0, 0.1) is 5.82 Å². The molecule has 1 saturated carbocycles. The van der Waals surface area contributed by atoms with Crippen LogP contribution in [0.1, 0.15) is 19.3 Å². The highest BCUT2D eigenvalue weighted by Gasteiger charge is 2.33. The number of nitrogens with two attached hydrogens (primary N) is 1. The van der Waals surface area contributed by atoms with E-state index in [0.717, 1.165) is 19.3 Å². The number of para-hydroxylation sites is 1. The van der Waals surface area contributed by atoms with Gasteiger partial charge in [-0.05, 0) is 31.4 Å². The molecule has 0 aromatic heterocycles. The molecule has 1 aliphatic carbocycles. The SMILES string of the molecule is NC1(COc2ccccc2F)CCC1. The molecule has 76 valence electrons. The van der Waals surface area contributed by atoms with Gasteiger partial charge in [0.1, 0.15) is 6.61 Å². The summed E-state index contributed by atoms with van der Waals surface area (Å²) in [7, 11) is 0. The first kappa shape index (κ1) is 9.46. The van der Waals surface area contributed by atoms with Gasteiger partial charge in [-0.15, -0.1) is 0 Å². The van der Waals surface area contributed by atoms with Gasteiger partial charge in [0.05, 0.1) is 5.54 Å². The molecule has 0 heterocycles. The van der Waals surface area contributed by atoms with Crippen molar-refractivity contribution in [2.45, 2.75) is 24.8 Å². The minimum Gasteiger partial charge on any atom is -0.489 e. The van der Waals surface area contributed by atoms with E-state index in [4.69, 9.17) is 10.5 Å². The molecule has 3 heteroatoms. The number of benzene rings is 1. The maximum absolute atomic E-state index is 13.1. The highest BCUT2D eigenvalue weighted by atomic mass is 19.1. The lowest BCUT2D eigenvalue weighted by molar-refractivity contribution is 0.138. The van der Waals surface area contributed by atoms with Crippen molar-refractivity contribution in [3.05, 3.63) is 30.1 Å². The van der Waals surface area contributed by atoms with Crippen LogP contribution >= 0.6 is 0 Å². The first-order chi connectivity index (χ1) is 6.70. The highest BCUT2D eigenvalue weighted by Crippen LogP contribution is 2.30. The fraction of sp³-hybridized carbons (Fsp3) is 0.455. The van der Waals surface area contributed by atoms with Crippen molar-refractivity contribution in [1.29, 1.82) is 0 Å². The summed E-state index contributed by atoms with van der Waals surface area (Å²) in [4.78, 5) is 0. The van der Waals surface area contributed by atoms with Gasteiger partial charge in [0, 0.05) is 0 Å². The van der Waals surface area contributed by atoms with Gasteiger partial charge in [0.2, 0.25) is 0 Å². The molecule has 2 N–H and O–H groups in total. The third-order valence-electron chi connectivity index (χ3n) is 2.70. The summed E-state index contributed by atoms with van der Waals surface area (Å²) in [6.45, 7) is 0.411. The Bertz CT molecular complexity index is 323. The first-order valence-corrected chi connectivity index (χ1v) is 4.86. The van der Waals surface area contributed by atoms with Crippen LogP contribution in [0.3, 0.4) is 0 Å². The van der Waals surface area contributed by atoms with Gasteiger partial charge in [-0.2, -0.15) is 0 Å². The minimum absolute atomic E-state index is 0.220. The maximum atomic E-state index is 13.1. The van der Waals surface area contributed by atoms with E-state index in [0.29, 0.717) is 12.4 Å². The topological polar surface area (TPSA) is 35.2 Å². The summed E-state index contributed by atoms with van der Waals surface area (Å²) in [6, 6.07) is 6.41. The predicted octanol–water partition coefficient (Wildman–Crippen LogP) is 2.09. The zero-order valence-electron chi connectivity index (χ0n) is 8.00. The third kappa shape index (κ3) is 1.87. The Labute approximate surface area is 82.9 Å². The van der Waals surface area contributed by atoms with Gasteiger partial charge in [-0.1, -0.05) is 12.1 Å². The zero-order valence-corrected chi connectivity index (χ0v) is 8.00. The van der Waals surface area contributed by atoms with Crippen LogP contribution in [0.4, 0.5) is 4.39 Å². The van der Waals surface area contributed by atoms with Crippen LogP contribution in [-0.2, 0) is 0 Å². The lowest BCUT2D eigenvalue weighted by Crippen LogP contribution is -2.51. The molecule has 2 rings (SSSR count). The van der Waals surface area contributed by atoms with Crippen molar-refractivity contribution >= 4 is 0 Å². The smallest absolute Gasteiger partial charge is 0.165 e. The lowest BCUT2D eigenvalue weighted by atomic mass is 9.78. The van der Waals surface area contributed by atoms with E-state index in [1.165, 1.54) is 6.07 Å². The fourth-order valence-electron chi connectivity index (χ4n) is 1.56. The van der Waals surface area contributed by atoms with E-state index >= 15 is 0 Å². The molecule has 1 aromatic rings. The number of hydrogen-bond donors (Lipinski definition) is 1. The molecule has 0 unspecified atom stereocenters. The van der Waals surface area contributed by atoms with E-state index in [-0.39, 0.29) is 11.4 Å². The molecular weight excluding hydrogens is 181 g/mol. The van der Waals surface area contributed by atoms with E-state index in [9.17, 15) is 4.39 Å². The van der Waals surface area contributed by atoms with Crippen LogP contribution in [0.15, 0.2) is 24.3 Å². The van der Waals surface area contributed by atoms with Crippen molar-refractivity contribution in [2.24, 2.45) is 5.73 Å². The van der Waals surface area contributed by atoms with Gasteiger partial charge in [-0.25, -0.2) is 4.39 Å². The Hall–Kier alpha value is -1.09. The molecule has 14 heavy (non-hydrogen) atoms. The van der Waals surface area contributed by atoms with Crippen molar-refractivity contribution in [3.63, 3.8) is 0 Å². The van der Waals surface area contributed by atoms with Crippen molar-refractivity contribution in [1.82, 2.24) is 0 Å². The van der Waals surface area contributed by atoms with E-state index < -0.39 is 0 Å². The Morgan fingerprint density at radius 1 is 1.36 bits per heavy atom. The first-order valence-electron chi connectivity index (χ1n) is 4.86. The average molecular weight is 195 g/mol. The second-order valence-corrected chi connectivity index (χ2v) is 3.94. The molecule has 1 aromatic carbocycles. The fourth-order valence-corrected chi connectivity index (χ4v) is 1.56. The highest BCUT2D eigenvalue weighted by molar-refractivity contribution is 5.23. The van der Waals surface area contributed by atoms with E-state index in [1.54, 1.807) is 18.2 Å². The number of ether oxygens (including phenoxy) is 1. The number of halogens is 1. The molecule has 0 saturated heterocycles. The summed E-state index contributed by atoms with van der Waals surface area (Å²) >= 11 is 0. The molecule has 0 amide bonds. The normalized spacial score (nSPS) is 18.7. The summed E-state index contributed by atoms with van der Waals surface area (Å²) in [5.41, 5.74) is 5.73. The van der Waals surface area contributed by atoms with Gasteiger partial charge >= 0.3 is 0 Å². The summed E-state index contributed by atoms with van der Waals surface area (Å²) in [5, 5.41) is 0. The quantitative estimate of drug-likeness (QED) is 0.801. The second-order valence-electron chi connectivity index (χ2n) is 3.94. The summed E-state index contributed by atoms with van der Waals surface area (Å²) < 4.78 is 18.5. The summed E-state index contributed by atoms with van der Waals surface area (Å²) in [6.07, 6.45) is 3.10. The van der Waals surface area contributed by atoms with Crippen LogP contribution in [0.2, 0.25) is 0 Å². The molecule has 1 fully saturated rings. The van der Waals surface area contributed by atoms with Crippen molar-refractivity contribution in [2.75, 3.05) is 6.61 Å². The Kier molecular flexibility index (Phi) is 2.42. The average Bonchev–Trinajstić information content (AvgIpc) is 2.14. The Balaban J connectivity index is 1.95. The maximum Gasteiger partial charge on any atom is 0.165 e. The van der Waals surface area contributed by atoms with Gasteiger partial charge in [0.25, 0.3) is 0 Å². The van der Waals surface area contributed by atoms with Crippen LogP contribution < -0.4 is 10.5 Å². The molecule has 0 aliphatic heterocycles. The summed E-state index contributed by atoms with van der Waals surface area (Å²) in [5.74, 6) is -0.0281. The molecule has 1 aliphatic rings. The molecule has 0 bridgehead atoms. The van der Waals surface area contributed by atoms with Crippen molar-refractivity contribution in [3.8, 4) is 5.75 Å². The van der Waals surface area contributed by atoms with Gasteiger partial charge < -0.3 is 10.5 Å². The van der Waals surface area contributed by atoms with Crippen LogP contribution in [0.5, 0.6) is 5.75 Å². The van der Waals surface area contributed by atoms with Crippen LogP contribution in [0.25, 0.3) is 0 Å². The Morgan fingerprint density at radius 2 is 2.07 bits per heavy atom. The van der Waals surface area contributed by atoms with Crippen molar-refractivity contribution < 1.29 is 9.13 Å². The number of hydrogen-bond acceptors (Lipinski definition) is 2.